The van der Waals surface area contributed by atoms with E-state index in [4.69, 9.17) is 4.74 Å². The van der Waals surface area contributed by atoms with Crippen molar-refractivity contribution in [1.29, 1.82) is 0 Å². The van der Waals surface area contributed by atoms with Crippen LogP contribution in [0.3, 0.4) is 0 Å². The predicted octanol–water partition coefficient (Wildman–Crippen LogP) is 3.16. The Kier molecular flexibility index (Phi) is 4.95. The molecule has 4 nitrogen and oxygen atoms in total. The van der Waals surface area contributed by atoms with Crippen LogP contribution in [-0.4, -0.2) is 31.0 Å². The Balaban J connectivity index is 2.06. The Morgan fingerprint density at radius 2 is 1.82 bits per heavy atom. The van der Waals surface area contributed by atoms with Crippen LogP contribution in [0.25, 0.3) is 0 Å². The van der Waals surface area contributed by atoms with Gasteiger partial charge in [0, 0.05) is 18.8 Å². The number of amides is 2. The smallest absolute Gasteiger partial charge is 0.381 e. The average Bonchev–Trinajstić information content (AvgIpc) is 2.45. The number of urea groups is 1. The molecule has 1 atom stereocenters. The molecule has 0 saturated carbocycles. The summed E-state index contributed by atoms with van der Waals surface area (Å²) in [6.07, 6.45) is -3.42. The summed E-state index contributed by atoms with van der Waals surface area (Å²) >= 11 is 0. The second-order valence-corrected chi connectivity index (χ2v) is 5.66. The van der Waals surface area contributed by atoms with Crippen LogP contribution in [0, 0.1) is 0 Å². The number of benzene rings is 1. The van der Waals surface area contributed by atoms with E-state index in [1.807, 2.05) is 5.32 Å². The highest BCUT2D eigenvalue weighted by molar-refractivity contribution is 5.75. The van der Waals surface area contributed by atoms with Crippen molar-refractivity contribution in [3.8, 4) is 0 Å². The summed E-state index contributed by atoms with van der Waals surface area (Å²) in [5, 5.41) is 4.67. The van der Waals surface area contributed by atoms with Crippen LogP contribution < -0.4 is 10.6 Å². The highest BCUT2D eigenvalue weighted by atomic mass is 19.4. The fourth-order valence-electron chi connectivity index (χ4n) is 2.39. The highest BCUT2D eigenvalue weighted by Gasteiger charge is 2.42. The molecular weight excluding hydrogens is 297 g/mol. The van der Waals surface area contributed by atoms with Crippen molar-refractivity contribution in [2.75, 3.05) is 13.2 Å². The van der Waals surface area contributed by atoms with Gasteiger partial charge >= 0.3 is 12.2 Å². The van der Waals surface area contributed by atoms with Crippen molar-refractivity contribution in [3.63, 3.8) is 0 Å². The number of nitrogens with one attached hydrogen (secondary N) is 2. The van der Waals surface area contributed by atoms with Gasteiger partial charge in [-0.3, -0.25) is 0 Å². The van der Waals surface area contributed by atoms with E-state index in [1.54, 1.807) is 13.0 Å². The summed E-state index contributed by atoms with van der Waals surface area (Å²) in [6, 6.07) is 4.47. The minimum atomic E-state index is -4.56. The Labute approximate surface area is 127 Å². The van der Waals surface area contributed by atoms with Crippen molar-refractivity contribution in [1.82, 2.24) is 10.6 Å². The third-order valence-electron chi connectivity index (χ3n) is 3.75. The van der Waals surface area contributed by atoms with Crippen molar-refractivity contribution < 1.29 is 22.7 Å². The molecule has 7 heteroatoms. The lowest BCUT2D eigenvalue weighted by atomic mass is 9.93. The van der Waals surface area contributed by atoms with Gasteiger partial charge in [-0.15, -0.1) is 0 Å². The second-order valence-electron chi connectivity index (χ2n) is 5.66. The third kappa shape index (κ3) is 4.37. The van der Waals surface area contributed by atoms with Gasteiger partial charge in [0.15, 0.2) is 6.04 Å². The van der Waals surface area contributed by atoms with E-state index in [0.717, 1.165) is 0 Å². The van der Waals surface area contributed by atoms with Gasteiger partial charge in [-0.1, -0.05) is 30.3 Å². The Morgan fingerprint density at radius 3 is 2.36 bits per heavy atom. The maximum absolute atomic E-state index is 13.2. The van der Waals surface area contributed by atoms with E-state index >= 15 is 0 Å². The summed E-state index contributed by atoms with van der Waals surface area (Å²) in [4.78, 5) is 12.0. The summed E-state index contributed by atoms with van der Waals surface area (Å²) in [5.41, 5.74) is -0.544. The monoisotopic (exact) mass is 316 g/mol. The van der Waals surface area contributed by atoms with Crippen molar-refractivity contribution >= 4 is 6.03 Å². The van der Waals surface area contributed by atoms with Gasteiger partial charge in [0.25, 0.3) is 0 Å². The van der Waals surface area contributed by atoms with E-state index in [2.05, 4.69) is 5.32 Å². The number of hydrogen-bond acceptors (Lipinski definition) is 2. The molecule has 122 valence electrons. The topological polar surface area (TPSA) is 50.4 Å². The molecule has 1 aliphatic heterocycles. The number of carbonyl (C=O) groups excluding carboxylic acids is 1. The summed E-state index contributed by atoms with van der Waals surface area (Å²) < 4.78 is 44.7. The Hall–Kier alpha value is -1.76. The molecule has 0 bridgehead atoms. The molecule has 2 rings (SSSR count). The predicted molar refractivity (Wildman–Crippen MR) is 75.4 cm³/mol. The fraction of sp³-hybridized carbons (Fsp3) is 0.533. The Bertz CT molecular complexity index is 499. The molecule has 1 aromatic carbocycles. The number of rotatable bonds is 3. The molecule has 0 aliphatic carbocycles. The van der Waals surface area contributed by atoms with Gasteiger partial charge in [-0.2, -0.15) is 13.2 Å². The van der Waals surface area contributed by atoms with Gasteiger partial charge in [0.05, 0.1) is 0 Å². The molecule has 1 heterocycles. The van der Waals surface area contributed by atoms with E-state index < -0.39 is 23.8 Å². The largest absolute Gasteiger partial charge is 0.412 e. The van der Waals surface area contributed by atoms with Crippen LogP contribution in [0.5, 0.6) is 0 Å². The van der Waals surface area contributed by atoms with Gasteiger partial charge in [0.2, 0.25) is 0 Å². The maximum atomic E-state index is 13.2. The zero-order valence-corrected chi connectivity index (χ0v) is 12.2. The summed E-state index contributed by atoms with van der Waals surface area (Å²) in [6.45, 7) is 2.77. The van der Waals surface area contributed by atoms with Gasteiger partial charge < -0.3 is 15.4 Å². The van der Waals surface area contributed by atoms with Crippen LogP contribution in [0.4, 0.5) is 18.0 Å². The third-order valence-corrected chi connectivity index (χ3v) is 3.75. The first kappa shape index (κ1) is 16.6. The van der Waals surface area contributed by atoms with Crippen LogP contribution >= 0.6 is 0 Å². The molecule has 2 amide bonds. The lowest BCUT2D eigenvalue weighted by Gasteiger charge is -2.35. The van der Waals surface area contributed by atoms with Gasteiger partial charge in [-0.05, 0) is 25.3 Å². The van der Waals surface area contributed by atoms with Crippen molar-refractivity contribution in [2.45, 2.75) is 37.5 Å². The number of carbonyl (C=O) groups is 1. The standard InChI is InChI=1S/C15H19F3N2O2/c1-14(7-9-22-10-8-14)20-13(21)19-12(15(16,17)18)11-5-3-2-4-6-11/h2-6,12H,7-10H2,1H3,(H2,19,20,21)/t12-/m0/s1. The van der Waals surface area contributed by atoms with Crippen LogP contribution in [0.2, 0.25) is 0 Å². The number of ether oxygens (including phenoxy) is 1. The molecule has 2 N–H and O–H groups in total. The number of hydrogen-bond donors (Lipinski definition) is 2. The molecular formula is C15H19F3N2O2. The number of alkyl halides is 3. The van der Waals surface area contributed by atoms with Gasteiger partial charge in [-0.25, -0.2) is 4.79 Å². The molecule has 0 aromatic heterocycles. The molecule has 0 unspecified atom stereocenters. The van der Waals surface area contributed by atoms with E-state index in [-0.39, 0.29) is 5.56 Å². The van der Waals surface area contributed by atoms with E-state index in [1.165, 1.54) is 24.3 Å². The molecule has 1 saturated heterocycles. The van der Waals surface area contributed by atoms with Crippen LogP contribution in [0.15, 0.2) is 30.3 Å². The van der Waals surface area contributed by atoms with Crippen LogP contribution in [0.1, 0.15) is 31.4 Å². The van der Waals surface area contributed by atoms with Crippen molar-refractivity contribution in [2.24, 2.45) is 0 Å². The summed E-state index contributed by atoms with van der Waals surface area (Å²) in [5.74, 6) is 0. The van der Waals surface area contributed by atoms with Gasteiger partial charge in [0.1, 0.15) is 0 Å². The first-order chi connectivity index (χ1) is 10.3. The molecule has 0 spiro atoms. The molecule has 1 aromatic rings. The van der Waals surface area contributed by atoms with Crippen molar-refractivity contribution in [3.05, 3.63) is 35.9 Å². The molecule has 1 aliphatic rings. The first-order valence-electron chi connectivity index (χ1n) is 7.08. The Morgan fingerprint density at radius 1 is 1.23 bits per heavy atom. The SMILES string of the molecule is CC1(NC(=O)N[C@@H](c2ccccc2)C(F)(F)F)CCOCC1. The lowest BCUT2D eigenvalue weighted by Crippen LogP contribution is -2.54. The first-order valence-corrected chi connectivity index (χ1v) is 7.08. The van der Waals surface area contributed by atoms with E-state index in [9.17, 15) is 18.0 Å². The quantitative estimate of drug-likeness (QED) is 0.900. The zero-order valence-electron chi connectivity index (χ0n) is 12.2. The second kappa shape index (κ2) is 6.56. The normalized spacial score (nSPS) is 19.3. The minimum Gasteiger partial charge on any atom is -0.381 e. The minimum absolute atomic E-state index is 0.00211. The molecule has 1 fully saturated rings. The van der Waals surface area contributed by atoms with E-state index in [0.29, 0.717) is 26.1 Å². The highest BCUT2D eigenvalue weighted by Crippen LogP contribution is 2.32. The fourth-order valence-corrected chi connectivity index (χ4v) is 2.39. The molecule has 22 heavy (non-hydrogen) atoms. The zero-order chi connectivity index (χ0) is 16.2. The summed E-state index contributed by atoms with van der Waals surface area (Å²) in [7, 11) is 0. The average molecular weight is 316 g/mol. The number of halogens is 3. The van der Waals surface area contributed by atoms with Crippen LogP contribution in [-0.2, 0) is 4.74 Å². The lowest BCUT2D eigenvalue weighted by molar-refractivity contribution is -0.155. The molecule has 0 radical (unpaired) electrons. The maximum Gasteiger partial charge on any atom is 0.412 e.